The van der Waals surface area contributed by atoms with Gasteiger partial charge in [0, 0.05) is 18.6 Å². The van der Waals surface area contributed by atoms with Crippen LogP contribution in [0.15, 0.2) is 24.3 Å². The molecule has 6 fully saturated rings. The number of ether oxygens (including phenoxy) is 1. The zero-order valence-electron chi connectivity index (χ0n) is 32.9. The Kier molecular flexibility index (Phi) is 9.41. The topological polar surface area (TPSA) is 92.8 Å². The van der Waals surface area contributed by atoms with Crippen molar-refractivity contribution in [2.24, 2.45) is 57.2 Å². The first kappa shape index (κ1) is 37.4. The third-order valence-electron chi connectivity index (χ3n) is 17.3. The van der Waals surface area contributed by atoms with Gasteiger partial charge in [0.05, 0.1) is 30.7 Å². The van der Waals surface area contributed by atoms with Crippen LogP contribution >= 0.6 is 0 Å². The van der Waals surface area contributed by atoms with Crippen molar-refractivity contribution < 1.29 is 22.7 Å². The molecule has 0 bridgehead atoms. The van der Waals surface area contributed by atoms with Crippen molar-refractivity contribution >= 4 is 21.7 Å². The zero-order chi connectivity index (χ0) is 36.8. The van der Waals surface area contributed by atoms with Crippen LogP contribution in [-0.4, -0.2) is 69.0 Å². The van der Waals surface area contributed by atoms with Crippen LogP contribution in [0, 0.1) is 57.2 Å². The minimum absolute atomic E-state index is 0.0964. The Balaban J connectivity index is 1.13. The van der Waals surface area contributed by atoms with Gasteiger partial charge in [0.15, 0.2) is 9.84 Å². The van der Waals surface area contributed by atoms with Crippen LogP contribution in [0.3, 0.4) is 0 Å². The van der Waals surface area contributed by atoms with E-state index in [1.54, 1.807) is 0 Å². The first-order valence-corrected chi connectivity index (χ1v) is 22.1. The Morgan fingerprint density at radius 3 is 2.18 bits per heavy atom. The summed E-state index contributed by atoms with van der Waals surface area (Å²) >= 11 is 0. The maximum absolute atomic E-state index is 13.8. The number of benzene rings is 1. The molecule has 284 valence electrons. The second-order valence-electron chi connectivity index (χ2n) is 19.8. The molecule has 6 aliphatic rings. The highest BCUT2D eigenvalue weighted by Crippen LogP contribution is 2.77. The Labute approximate surface area is 308 Å². The van der Waals surface area contributed by atoms with Crippen molar-refractivity contribution in [3.8, 4) is 0 Å². The van der Waals surface area contributed by atoms with Gasteiger partial charge in [-0.15, -0.1) is 0 Å². The lowest BCUT2D eigenvalue weighted by molar-refractivity contribution is -0.235. The average molecular weight is 723 g/mol. The van der Waals surface area contributed by atoms with E-state index in [0.717, 1.165) is 12.8 Å². The lowest BCUT2D eigenvalue weighted by Gasteiger charge is -2.73. The van der Waals surface area contributed by atoms with E-state index in [9.17, 15) is 18.0 Å². The fraction of sp³-hybridized carbons (Fsp3) is 0.814. The SMILES string of the molecule is COC(=O)c1ccc([C@H]2CC[C@]3(C)[C@H]4CC[C@@H]5[C@H]6[C@H](C(C)C)CCC6(NC(=O)CN6CCS(=O)(=O)CC6)CC[C@@]5(C)[C@]4(C)CC[C@H]3C2(C)C)cc1. The summed E-state index contributed by atoms with van der Waals surface area (Å²) in [6, 6.07) is 8.25. The molecule has 1 aromatic carbocycles. The number of carbonyl (C=O) groups excluding carboxylic acids is 2. The van der Waals surface area contributed by atoms with Gasteiger partial charge in [0.2, 0.25) is 5.91 Å². The Hall–Kier alpha value is -1.93. The van der Waals surface area contributed by atoms with Crippen LogP contribution in [0.25, 0.3) is 0 Å². The summed E-state index contributed by atoms with van der Waals surface area (Å²) in [7, 11) is -1.53. The molecule has 0 aromatic heterocycles. The normalized spacial score (nSPS) is 42.9. The summed E-state index contributed by atoms with van der Waals surface area (Å²) in [4.78, 5) is 28.0. The van der Waals surface area contributed by atoms with Gasteiger partial charge in [0.1, 0.15) is 0 Å². The lowest BCUT2D eigenvalue weighted by atomic mass is 9.32. The van der Waals surface area contributed by atoms with Crippen LogP contribution < -0.4 is 5.32 Å². The third kappa shape index (κ3) is 5.85. The fourth-order valence-electron chi connectivity index (χ4n) is 14.6. The van der Waals surface area contributed by atoms with E-state index in [2.05, 4.69) is 65.9 Å². The molecule has 8 heteroatoms. The standard InChI is InChI=1S/C43H66N2O5S/c1-28(2)31-15-20-43(44-36(46)27-45-23-25-51(48,49)26-24-45)22-21-41(6)33(37(31)43)13-14-35-40(5)18-16-32(29-9-11-30(12-10-29)38(47)50-8)39(3,4)34(40)17-19-42(35,41)7/h9-12,28,31-35,37H,13-27H2,1-8H3,(H,44,46)/t31-,32+,33+,34-,35+,37+,40-,41+,42+,43?/m0/s1. The number of fused-ring (bicyclic) bond motifs is 7. The van der Waals surface area contributed by atoms with E-state index in [1.807, 2.05) is 17.0 Å². The van der Waals surface area contributed by atoms with E-state index < -0.39 is 9.84 Å². The second-order valence-corrected chi connectivity index (χ2v) is 22.1. The molecule has 1 heterocycles. The number of amides is 1. The summed E-state index contributed by atoms with van der Waals surface area (Å²) in [5, 5.41) is 3.72. The molecule has 5 saturated carbocycles. The molecule has 51 heavy (non-hydrogen) atoms. The summed E-state index contributed by atoms with van der Waals surface area (Å²) in [5.41, 5.74) is 2.75. The van der Waals surface area contributed by atoms with Crippen molar-refractivity contribution in [2.75, 3.05) is 38.2 Å². The van der Waals surface area contributed by atoms with E-state index in [4.69, 9.17) is 4.74 Å². The van der Waals surface area contributed by atoms with Gasteiger partial charge in [-0.25, -0.2) is 13.2 Å². The average Bonchev–Trinajstić information content (AvgIpc) is 3.45. The quantitative estimate of drug-likeness (QED) is 0.301. The monoisotopic (exact) mass is 722 g/mol. The first-order valence-electron chi connectivity index (χ1n) is 20.3. The molecule has 7 nitrogen and oxygen atoms in total. The largest absolute Gasteiger partial charge is 0.465 e. The van der Waals surface area contributed by atoms with Gasteiger partial charge >= 0.3 is 5.97 Å². The summed E-state index contributed by atoms with van der Waals surface area (Å²) in [6.45, 7) is 19.2. The molecular weight excluding hydrogens is 657 g/mol. The highest BCUT2D eigenvalue weighted by atomic mass is 32.2. The van der Waals surface area contributed by atoms with Crippen LogP contribution in [0.1, 0.15) is 135 Å². The van der Waals surface area contributed by atoms with Crippen molar-refractivity contribution in [3.63, 3.8) is 0 Å². The molecule has 1 saturated heterocycles. The molecular formula is C43H66N2O5S. The van der Waals surface area contributed by atoms with Gasteiger partial charge in [-0.05, 0) is 145 Å². The number of methoxy groups -OCH3 is 1. The number of esters is 1. The fourth-order valence-corrected chi connectivity index (χ4v) is 15.9. The van der Waals surface area contributed by atoms with Crippen LogP contribution in [-0.2, 0) is 19.4 Å². The van der Waals surface area contributed by atoms with Crippen molar-refractivity contribution in [2.45, 2.75) is 124 Å². The Bertz CT molecular complexity index is 1610. The molecule has 1 aliphatic heterocycles. The van der Waals surface area contributed by atoms with Gasteiger partial charge in [0.25, 0.3) is 0 Å². The predicted octanol–water partition coefficient (Wildman–Crippen LogP) is 7.89. The molecule has 0 spiro atoms. The van der Waals surface area contributed by atoms with Crippen molar-refractivity contribution in [1.82, 2.24) is 10.2 Å². The van der Waals surface area contributed by atoms with Gasteiger partial charge in [-0.2, -0.15) is 0 Å². The van der Waals surface area contributed by atoms with Gasteiger partial charge in [-0.3, -0.25) is 9.69 Å². The molecule has 0 radical (unpaired) electrons. The van der Waals surface area contributed by atoms with Crippen LogP contribution in [0.4, 0.5) is 0 Å². The molecule has 1 unspecified atom stereocenters. The number of carbonyl (C=O) groups is 2. The van der Waals surface area contributed by atoms with Crippen molar-refractivity contribution in [1.29, 1.82) is 0 Å². The number of rotatable bonds is 6. The Morgan fingerprint density at radius 2 is 1.53 bits per heavy atom. The van der Waals surface area contributed by atoms with Gasteiger partial charge < -0.3 is 10.1 Å². The van der Waals surface area contributed by atoms with Crippen molar-refractivity contribution in [3.05, 3.63) is 35.4 Å². The number of sulfone groups is 1. The molecule has 7 rings (SSSR count). The highest BCUT2D eigenvalue weighted by Gasteiger charge is 2.71. The second kappa shape index (κ2) is 12.8. The zero-order valence-corrected chi connectivity index (χ0v) is 33.7. The number of hydrogen-bond donors (Lipinski definition) is 1. The minimum Gasteiger partial charge on any atom is -0.465 e. The van der Waals surface area contributed by atoms with Crippen LogP contribution in [0.5, 0.6) is 0 Å². The van der Waals surface area contributed by atoms with Crippen LogP contribution in [0.2, 0.25) is 0 Å². The van der Waals surface area contributed by atoms with E-state index in [-0.39, 0.29) is 50.6 Å². The first-order chi connectivity index (χ1) is 23.9. The van der Waals surface area contributed by atoms with E-state index in [0.29, 0.717) is 66.6 Å². The number of nitrogens with zero attached hydrogens (tertiary/aromatic N) is 1. The lowest BCUT2D eigenvalue weighted by Crippen LogP contribution is -2.69. The Morgan fingerprint density at radius 1 is 0.843 bits per heavy atom. The van der Waals surface area contributed by atoms with Gasteiger partial charge in [-0.1, -0.05) is 60.6 Å². The molecule has 10 atom stereocenters. The molecule has 1 amide bonds. The highest BCUT2D eigenvalue weighted by molar-refractivity contribution is 7.91. The minimum atomic E-state index is -2.97. The third-order valence-corrected chi connectivity index (χ3v) is 18.9. The number of hydrogen-bond acceptors (Lipinski definition) is 6. The summed E-state index contributed by atoms with van der Waals surface area (Å²) in [6.07, 6.45) is 12.0. The summed E-state index contributed by atoms with van der Waals surface area (Å²) < 4.78 is 29.0. The number of nitrogens with one attached hydrogen (secondary N) is 1. The molecule has 5 aliphatic carbocycles. The predicted molar refractivity (Wildman–Crippen MR) is 203 cm³/mol. The van der Waals surface area contributed by atoms with E-state index >= 15 is 0 Å². The summed E-state index contributed by atoms with van der Waals surface area (Å²) in [5.74, 6) is 4.22. The maximum Gasteiger partial charge on any atom is 0.337 e. The van der Waals surface area contributed by atoms with E-state index in [1.165, 1.54) is 64.0 Å². The smallest absolute Gasteiger partial charge is 0.337 e. The molecule has 1 aromatic rings. The molecule has 1 N–H and O–H groups in total. The maximum atomic E-state index is 13.8.